The summed E-state index contributed by atoms with van der Waals surface area (Å²) in [6.07, 6.45) is 0. The van der Waals surface area contributed by atoms with E-state index < -0.39 is 0 Å². The molecule has 2 aromatic carbocycles. The molecule has 0 atom stereocenters. The third-order valence-corrected chi connectivity index (χ3v) is 5.91. The Morgan fingerprint density at radius 2 is 1.75 bits per heavy atom. The van der Waals surface area contributed by atoms with E-state index >= 15 is 0 Å². The van der Waals surface area contributed by atoms with Crippen LogP contribution in [-0.4, -0.2) is 54.2 Å². The van der Waals surface area contributed by atoms with Crippen molar-refractivity contribution in [1.82, 2.24) is 14.9 Å². The van der Waals surface area contributed by atoms with Gasteiger partial charge < -0.3 is 19.9 Å². The molecule has 166 valence electrons. The smallest absolute Gasteiger partial charge is 0.321 e. The number of carbonyl (C=O) groups excluding carboxylic acids is 1. The van der Waals surface area contributed by atoms with Gasteiger partial charge in [0.2, 0.25) is 0 Å². The summed E-state index contributed by atoms with van der Waals surface area (Å²) < 4.78 is 5.22. The Labute approximate surface area is 193 Å². The summed E-state index contributed by atoms with van der Waals surface area (Å²) in [6, 6.07) is 14.8. The van der Waals surface area contributed by atoms with Gasteiger partial charge in [-0.25, -0.2) is 14.8 Å². The zero-order valence-electron chi connectivity index (χ0n) is 18.4. The summed E-state index contributed by atoms with van der Waals surface area (Å²) in [6.45, 7) is 6.64. The lowest BCUT2D eigenvalue weighted by Gasteiger charge is -2.36. The number of piperazine rings is 1. The molecule has 8 heteroatoms. The first-order valence-electron chi connectivity index (χ1n) is 10.5. The molecule has 1 N–H and O–H groups in total. The van der Waals surface area contributed by atoms with Crippen molar-refractivity contribution in [2.24, 2.45) is 0 Å². The number of urea groups is 1. The van der Waals surface area contributed by atoms with E-state index in [4.69, 9.17) is 21.3 Å². The number of hydrogen-bond acceptors (Lipinski definition) is 5. The predicted molar refractivity (Wildman–Crippen MR) is 128 cm³/mol. The van der Waals surface area contributed by atoms with Crippen LogP contribution in [0.5, 0.6) is 5.75 Å². The number of hydrogen-bond donors (Lipinski definition) is 1. The van der Waals surface area contributed by atoms with Crippen LogP contribution in [0.3, 0.4) is 0 Å². The molecular formula is C24H26ClN5O2. The Morgan fingerprint density at radius 3 is 2.44 bits per heavy atom. The minimum absolute atomic E-state index is 0.115. The standard InChI is InChI=1S/C24H26ClN5O2/c1-16-17(2)26-22(18-7-9-19(25)10-8-18)28-23(16)29-11-13-30(14-12-29)24(31)27-20-5-4-6-21(15-20)32-3/h4-10,15H,11-14H2,1-3H3,(H,27,31). The first-order chi connectivity index (χ1) is 15.4. The molecule has 3 aromatic rings. The number of amides is 2. The quantitative estimate of drug-likeness (QED) is 0.618. The van der Waals surface area contributed by atoms with Crippen LogP contribution in [0, 0.1) is 13.8 Å². The molecule has 0 unspecified atom stereocenters. The zero-order chi connectivity index (χ0) is 22.7. The molecule has 1 fully saturated rings. The highest BCUT2D eigenvalue weighted by Crippen LogP contribution is 2.26. The second-order valence-corrected chi connectivity index (χ2v) is 8.16. The Hall–Kier alpha value is -3.32. The van der Waals surface area contributed by atoms with Gasteiger partial charge in [0.1, 0.15) is 11.6 Å². The topological polar surface area (TPSA) is 70.6 Å². The lowest BCUT2D eigenvalue weighted by atomic mass is 10.1. The first kappa shape index (κ1) is 21.9. The third-order valence-electron chi connectivity index (χ3n) is 5.65. The maximum Gasteiger partial charge on any atom is 0.321 e. The van der Waals surface area contributed by atoms with Crippen LogP contribution < -0.4 is 15.0 Å². The zero-order valence-corrected chi connectivity index (χ0v) is 19.2. The van der Waals surface area contributed by atoms with Crippen LogP contribution in [0.15, 0.2) is 48.5 Å². The molecule has 32 heavy (non-hydrogen) atoms. The van der Waals surface area contributed by atoms with Crippen molar-refractivity contribution in [2.75, 3.05) is 43.5 Å². The minimum Gasteiger partial charge on any atom is -0.497 e. The Balaban J connectivity index is 1.45. The number of halogens is 1. The first-order valence-corrected chi connectivity index (χ1v) is 10.9. The van der Waals surface area contributed by atoms with Crippen molar-refractivity contribution in [3.8, 4) is 17.1 Å². The van der Waals surface area contributed by atoms with Gasteiger partial charge in [-0.15, -0.1) is 0 Å². The molecule has 0 spiro atoms. The van der Waals surface area contributed by atoms with Crippen molar-refractivity contribution in [2.45, 2.75) is 13.8 Å². The number of anilines is 2. The van der Waals surface area contributed by atoms with E-state index in [1.807, 2.05) is 61.2 Å². The number of methoxy groups -OCH3 is 1. The van der Waals surface area contributed by atoms with Crippen molar-refractivity contribution >= 4 is 29.1 Å². The molecule has 0 radical (unpaired) electrons. The molecule has 0 aliphatic carbocycles. The van der Waals surface area contributed by atoms with E-state index in [1.54, 1.807) is 13.2 Å². The molecule has 0 saturated carbocycles. The highest BCUT2D eigenvalue weighted by molar-refractivity contribution is 6.30. The van der Waals surface area contributed by atoms with Crippen LogP contribution in [0.1, 0.15) is 11.3 Å². The predicted octanol–water partition coefficient (Wildman–Crippen LogP) is 4.78. The third kappa shape index (κ3) is 4.78. The van der Waals surface area contributed by atoms with Gasteiger partial charge in [0.25, 0.3) is 0 Å². The highest BCUT2D eigenvalue weighted by atomic mass is 35.5. The summed E-state index contributed by atoms with van der Waals surface area (Å²) in [5.74, 6) is 2.30. The summed E-state index contributed by atoms with van der Waals surface area (Å²) in [4.78, 5) is 26.3. The van der Waals surface area contributed by atoms with Crippen LogP contribution >= 0.6 is 11.6 Å². The fourth-order valence-electron chi connectivity index (χ4n) is 3.67. The Morgan fingerprint density at radius 1 is 1.03 bits per heavy atom. The number of benzene rings is 2. The summed E-state index contributed by atoms with van der Waals surface area (Å²) in [7, 11) is 1.61. The van der Waals surface area contributed by atoms with E-state index in [-0.39, 0.29) is 6.03 Å². The molecular weight excluding hydrogens is 426 g/mol. The van der Waals surface area contributed by atoms with Crippen molar-refractivity contribution in [3.05, 3.63) is 64.8 Å². The molecule has 4 rings (SSSR count). The van der Waals surface area contributed by atoms with E-state index in [0.717, 1.165) is 22.6 Å². The molecule has 2 amide bonds. The minimum atomic E-state index is -0.115. The summed E-state index contributed by atoms with van der Waals surface area (Å²) >= 11 is 6.02. The van der Waals surface area contributed by atoms with Gasteiger partial charge in [-0.3, -0.25) is 0 Å². The van der Waals surface area contributed by atoms with Crippen LogP contribution in [-0.2, 0) is 0 Å². The lowest BCUT2D eigenvalue weighted by Crippen LogP contribution is -2.50. The fourth-order valence-corrected chi connectivity index (χ4v) is 3.80. The van der Waals surface area contributed by atoms with E-state index in [0.29, 0.717) is 48.5 Å². The van der Waals surface area contributed by atoms with Crippen LogP contribution in [0.25, 0.3) is 11.4 Å². The number of aromatic nitrogens is 2. The van der Waals surface area contributed by atoms with Crippen molar-refractivity contribution < 1.29 is 9.53 Å². The maximum atomic E-state index is 12.7. The van der Waals surface area contributed by atoms with E-state index in [2.05, 4.69) is 15.2 Å². The average molecular weight is 452 g/mol. The van der Waals surface area contributed by atoms with Crippen molar-refractivity contribution in [1.29, 1.82) is 0 Å². The largest absolute Gasteiger partial charge is 0.497 e. The van der Waals surface area contributed by atoms with Gasteiger partial charge in [0.05, 0.1) is 7.11 Å². The highest BCUT2D eigenvalue weighted by Gasteiger charge is 2.24. The Bertz CT molecular complexity index is 1110. The number of rotatable bonds is 4. The number of ether oxygens (including phenoxy) is 1. The SMILES string of the molecule is COc1cccc(NC(=O)N2CCN(c3nc(-c4ccc(Cl)cc4)nc(C)c3C)CC2)c1. The number of carbonyl (C=O) groups is 1. The number of nitrogens with zero attached hydrogens (tertiary/aromatic N) is 4. The Kier molecular flexibility index (Phi) is 6.46. The van der Waals surface area contributed by atoms with Gasteiger partial charge in [-0.2, -0.15) is 0 Å². The van der Waals surface area contributed by atoms with Crippen LogP contribution in [0.2, 0.25) is 5.02 Å². The summed E-state index contributed by atoms with van der Waals surface area (Å²) in [5, 5.41) is 3.63. The monoisotopic (exact) mass is 451 g/mol. The van der Waals surface area contributed by atoms with Gasteiger partial charge in [-0.05, 0) is 50.2 Å². The second-order valence-electron chi connectivity index (χ2n) is 7.72. The lowest BCUT2D eigenvalue weighted by molar-refractivity contribution is 0.208. The fraction of sp³-hybridized carbons (Fsp3) is 0.292. The normalized spacial score (nSPS) is 13.8. The number of aryl methyl sites for hydroxylation is 1. The summed E-state index contributed by atoms with van der Waals surface area (Å²) in [5.41, 5.74) is 3.64. The molecule has 2 heterocycles. The molecule has 1 aliphatic rings. The molecule has 7 nitrogen and oxygen atoms in total. The molecule has 1 saturated heterocycles. The number of nitrogens with one attached hydrogen (secondary N) is 1. The average Bonchev–Trinajstić information content (AvgIpc) is 2.81. The van der Waals surface area contributed by atoms with E-state index in [9.17, 15) is 4.79 Å². The van der Waals surface area contributed by atoms with Gasteiger partial charge in [0.15, 0.2) is 5.82 Å². The van der Waals surface area contributed by atoms with Gasteiger partial charge in [-0.1, -0.05) is 17.7 Å². The molecule has 1 aromatic heterocycles. The van der Waals surface area contributed by atoms with Gasteiger partial charge >= 0.3 is 6.03 Å². The molecule has 0 bridgehead atoms. The van der Waals surface area contributed by atoms with Crippen LogP contribution in [0.4, 0.5) is 16.3 Å². The second kappa shape index (κ2) is 9.44. The maximum absolute atomic E-state index is 12.7. The molecule has 1 aliphatic heterocycles. The van der Waals surface area contributed by atoms with E-state index in [1.165, 1.54) is 0 Å². The van der Waals surface area contributed by atoms with Crippen molar-refractivity contribution in [3.63, 3.8) is 0 Å². The van der Waals surface area contributed by atoms with Gasteiger partial charge in [0, 0.05) is 59.8 Å².